The number of nitrogens with zero attached hydrogens (tertiary/aromatic N) is 1. The molecule has 0 aliphatic rings. The summed E-state index contributed by atoms with van der Waals surface area (Å²) in [6.07, 6.45) is 1.38. The van der Waals surface area contributed by atoms with E-state index in [4.69, 9.17) is 14.3 Å². The van der Waals surface area contributed by atoms with Crippen LogP contribution in [0.1, 0.15) is 23.0 Å². The number of carbonyl (C=O) groups excluding carboxylic acids is 2. The zero-order valence-corrected chi connectivity index (χ0v) is 15.2. The summed E-state index contributed by atoms with van der Waals surface area (Å²) in [7, 11) is -2.51. The van der Waals surface area contributed by atoms with Crippen molar-refractivity contribution in [1.29, 1.82) is 0 Å². The number of nitrogens with two attached hydrogens (primary N) is 1. The number of carbonyl (C=O) groups is 2. The van der Waals surface area contributed by atoms with Crippen molar-refractivity contribution in [1.82, 2.24) is 4.90 Å². The average molecular weight is 380 g/mol. The predicted octanol–water partition coefficient (Wildman–Crippen LogP) is 1.38. The molecule has 0 radical (unpaired) electrons. The molecule has 0 bridgehead atoms. The molecule has 1 aromatic carbocycles. The number of benzene rings is 1. The van der Waals surface area contributed by atoms with Crippen LogP contribution >= 0.6 is 0 Å². The first-order valence-corrected chi connectivity index (χ1v) is 9.29. The highest BCUT2D eigenvalue weighted by Gasteiger charge is 2.24. The van der Waals surface area contributed by atoms with Gasteiger partial charge in [-0.15, -0.1) is 0 Å². The maximum Gasteiger partial charge on any atom is 0.310 e. The number of esters is 1. The third kappa shape index (κ3) is 4.93. The Labute approximate surface area is 151 Å². The lowest BCUT2D eigenvalue weighted by Gasteiger charge is -2.24. The summed E-state index contributed by atoms with van der Waals surface area (Å²) in [5, 5.41) is 5.08. The van der Waals surface area contributed by atoms with E-state index in [1.165, 1.54) is 36.5 Å². The molecule has 0 aliphatic heterocycles. The van der Waals surface area contributed by atoms with Crippen molar-refractivity contribution >= 4 is 21.9 Å². The van der Waals surface area contributed by atoms with Crippen LogP contribution in [0.3, 0.4) is 0 Å². The van der Waals surface area contributed by atoms with Gasteiger partial charge in [0, 0.05) is 13.1 Å². The molecule has 0 fully saturated rings. The number of sulfonamides is 1. The van der Waals surface area contributed by atoms with E-state index in [0.29, 0.717) is 5.56 Å². The summed E-state index contributed by atoms with van der Waals surface area (Å²) in [4.78, 5) is 25.8. The molecule has 0 aliphatic carbocycles. The van der Waals surface area contributed by atoms with E-state index in [-0.39, 0.29) is 29.7 Å². The predicted molar refractivity (Wildman–Crippen MR) is 92.4 cm³/mol. The smallest absolute Gasteiger partial charge is 0.310 e. The van der Waals surface area contributed by atoms with Crippen LogP contribution in [-0.4, -0.2) is 38.8 Å². The summed E-state index contributed by atoms with van der Waals surface area (Å²) in [6.45, 7) is 1.92. The van der Waals surface area contributed by atoms with Gasteiger partial charge in [0.15, 0.2) is 5.76 Å². The van der Waals surface area contributed by atoms with Gasteiger partial charge in [-0.3, -0.25) is 9.59 Å². The summed E-state index contributed by atoms with van der Waals surface area (Å²) in [6, 6.07) is 8.97. The molecule has 1 heterocycles. The first kappa shape index (κ1) is 19.7. The molecular formula is C17H20N2O6S. The minimum absolute atomic E-state index is 0.0203. The molecule has 1 amide bonds. The van der Waals surface area contributed by atoms with Crippen molar-refractivity contribution in [2.45, 2.75) is 18.4 Å². The summed E-state index contributed by atoms with van der Waals surface area (Å²) >= 11 is 0. The average Bonchev–Trinajstić information content (AvgIpc) is 3.14. The third-order valence-corrected chi connectivity index (χ3v) is 4.67. The number of rotatable bonds is 7. The Morgan fingerprint density at radius 2 is 1.88 bits per heavy atom. The Kier molecular flexibility index (Phi) is 6.17. The van der Waals surface area contributed by atoms with E-state index >= 15 is 0 Å². The monoisotopic (exact) mass is 380 g/mol. The molecule has 140 valence electrons. The molecule has 8 nitrogen and oxygen atoms in total. The molecule has 1 aromatic heterocycles. The molecule has 26 heavy (non-hydrogen) atoms. The Morgan fingerprint density at radius 3 is 2.38 bits per heavy atom. The Morgan fingerprint density at radius 1 is 1.23 bits per heavy atom. The highest BCUT2D eigenvalue weighted by Crippen LogP contribution is 2.15. The molecule has 1 unspecified atom stereocenters. The van der Waals surface area contributed by atoms with Gasteiger partial charge in [-0.05, 0) is 29.8 Å². The van der Waals surface area contributed by atoms with E-state index in [1.807, 2.05) is 0 Å². The van der Waals surface area contributed by atoms with Gasteiger partial charge in [0.1, 0.15) is 0 Å². The number of furan rings is 1. The number of amides is 1. The summed E-state index contributed by atoms with van der Waals surface area (Å²) in [5.74, 6) is -1.22. The lowest BCUT2D eigenvalue weighted by Crippen LogP contribution is -2.36. The van der Waals surface area contributed by atoms with Gasteiger partial charge in [-0.25, -0.2) is 13.6 Å². The number of primary sulfonamides is 1. The van der Waals surface area contributed by atoms with Crippen molar-refractivity contribution in [2.24, 2.45) is 11.1 Å². The van der Waals surface area contributed by atoms with Crippen LogP contribution in [0.25, 0.3) is 0 Å². The van der Waals surface area contributed by atoms with Crippen LogP contribution in [0.15, 0.2) is 52.0 Å². The summed E-state index contributed by atoms with van der Waals surface area (Å²) in [5.41, 5.74) is 0.675. The fourth-order valence-corrected chi connectivity index (χ4v) is 2.90. The number of ether oxygens (including phenoxy) is 1. The van der Waals surface area contributed by atoms with E-state index in [9.17, 15) is 18.0 Å². The zero-order valence-electron chi connectivity index (χ0n) is 14.4. The highest BCUT2D eigenvalue weighted by molar-refractivity contribution is 7.89. The van der Waals surface area contributed by atoms with Crippen LogP contribution in [-0.2, 0) is 26.1 Å². The van der Waals surface area contributed by atoms with Crippen LogP contribution in [0.4, 0.5) is 0 Å². The highest BCUT2D eigenvalue weighted by atomic mass is 32.2. The molecule has 2 N–H and O–H groups in total. The van der Waals surface area contributed by atoms with Gasteiger partial charge in [0.25, 0.3) is 5.91 Å². The maximum atomic E-state index is 12.6. The van der Waals surface area contributed by atoms with E-state index in [0.717, 1.165) is 0 Å². The fourth-order valence-electron chi connectivity index (χ4n) is 2.39. The molecule has 0 saturated carbocycles. The number of hydrogen-bond acceptors (Lipinski definition) is 6. The van der Waals surface area contributed by atoms with Gasteiger partial charge >= 0.3 is 5.97 Å². The quantitative estimate of drug-likeness (QED) is 0.725. The summed E-state index contributed by atoms with van der Waals surface area (Å²) < 4.78 is 32.5. The standard InChI is InChI=1S/C17H20N2O6S/c1-12(17(21)24-2)10-19(16(20)15-4-3-9-25-15)11-13-5-7-14(8-6-13)26(18,22)23/h3-9,12H,10-11H2,1-2H3,(H2,18,22,23). The minimum atomic E-state index is -3.79. The second-order valence-corrected chi connectivity index (χ2v) is 7.34. The van der Waals surface area contributed by atoms with Crippen LogP contribution < -0.4 is 5.14 Å². The van der Waals surface area contributed by atoms with Crippen LogP contribution in [0.5, 0.6) is 0 Å². The molecule has 2 aromatic rings. The maximum absolute atomic E-state index is 12.6. The van der Waals surface area contributed by atoms with Crippen molar-refractivity contribution < 1.29 is 27.2 Å². The van der Waals surface area contributed by atoms with Gasteiger partial charge in [-0.2, -0.15) is 0 Å². The van der Waals surface area contributed by atoms with E-state index in [1.54, 1.807) is 25.1 Å². The van der Waals surface area contributed by atoms with Crippen molar-refractivity contribution in [3.8, 4) is 0 Å². The van der Waals surface area contributed by atoms with Gasteiger partial charge in [0.05, 0.1) is 24.2 Å². The first-order chi connectivity index (χ1) is 12.2. The Hall–Kier alpha value is -2.65. The second kappa shape index (κ2) is 8.15. The molecular weight excluding hydrogens is 360 g/mol. The number of hydrogen-bond donors (Lipinski definition) is 1. The van der Waals surface area contributed by atoms with Gasteiger partial charge < -0.3 is 14.1 Å². The van der Waals surface area contributed by atoms with E-state index in [2.05, 4.69) is 0 Å². The zero-order chi connectivity index (χ0) is 19.3. The SMILES string of the molecule is COC(=O)C(C)CN(Cc1ccc(S(N)(=O)=O)cc1)C(=O)c1ccco1. The molecule has 2 rings (SSSR count). The minimum Gasteiger partial charge on any atom is -0.469 e. The first-order valence-electron chi connectivity index (χ1n) is 7.74. The third-order valence-electron chi connectivity index (χ3n) is 3.74. The molecule has 9 heteroatoms. The van der Waals surface area contributed by atoms with Crippen LogP contribution in [0.2, 0.25) is 0 Å². The van der Waals surface area contributed by atoms with Gasteiger partial charge in [0.2, 0.25) is 10.0 Å². The topological polar surface area (TPSA) is 120 Å². The fraction of sp³-hybridized carbons (Fsp3) is 0.294. The second-order valence-electron chi connectivity index (χ2n) is 5.78. The molecule has 1 atom stereocenters. The van der Waals surface area contributed by atoms with Crippen molar-refractivity contribution in [3.05, 3.63) is 54.0 Å². The Bertz CT molecular complexity index is 859. The lowest BCUT2D eigenvalue weighted by molar-refractivity contribution is -0.145. The Balaban J connectivity index is 2.23. The normalized spacial score (nSPS) is 12.4. The lowest BCUT2D eigenvalue weighted by atomic mass is 10.1. The number of methoxy groups -OCH3 is 1. The van der Waals surface area contributed by atoms with Gasteiger partial charge in [-0.1, -0.05) is 19.1 Å². The van der Waals surface area contributed by atoms with Crippen LogP contribution in [0, 0.1) is 5.92 Å². The molecule has 0 spiro atoms. The largest absolute Gasteiger partial charge is 0.469 e. The van der Waals surface area contributed by atoms with E-state index < -0.39 is 21.9 Å². The van der Waals surface area contributed by atoms with Crippen molar-refractivity contribution in [3.63, 3.8) is 0 Å². The molecule has 0 saturated heterocycles. The van der Waals surface area contributed by atoms with Crippen molar-refractivity contribution in [2.75, 3.05) is 13.7 Å².